The third-order valence-electron chi connectivity index (χ3n) is 4.27. The molecule has 6 nitrogen and oxygen atoms in total. The summed E-state index contributed by atoms with van der Waals surface area (Å²) in [5.74, 6) is 0.935. The topological polar surface area (TPSA) is 65.1 Å². The lowest BCUT2D eigenvalue weighted by Gasteiger charge is -2.32. The van der Waals surface area contributed by atoms with Crippen molar-refractivity contribution in [1.82, 2.24) is 20.1 Å². The zero-order valence-electron chi connectivity index (χ0n) is 12.9. The Morgan fingerprint density at radius 2 is 2.04 bits per heavy atom. The van der Waals surface area contributed by atoms with E-state index >= 15 is 0 Å². The molecule has 0 aliphatic carbocycles. The Labute approximate surface area is 133 Å². The van der Waals surface area contributed by atoms with E-state index in [4.69, 9.17) is 0 Å². The van der Waals surface area contributed by atoms with Crippen LogP contribution in [0.15, 0.2) is 42.6 Å². The molecule has 0 spiro atoms. The Bertz CT molecular complexity index is 872. The molecule has 1 N–H and O–H groups in total. The van der Waals surface area contributed by atoms with E-state index < -0.39 is 0 Å². The number of pyridine rings is 1. The largest absolute Gasteiger partial charge is 0.346 e. The standard InChI is InChI=1S/C17H17N5O/c1-21-8-9-22(11-16(21)23)15-10-12(6-7-18-15)17-13-4-2-3-5-14(13)19-20-17/h2-7,10H,8-9,11H2,1H3,(H,19,20). The number of hydrogen-bond acceptors (Lipinski definition) is 4. The van der Waals surface area contributed by atoms with Crippen LogP contribution in [0.1, 0.15) is 0 Å². The third-order valence-corrected chi connectivity index (χ3v) is 4.27. The molecule has 1 aliphatic rings. The predicted octanol–water partition coefficient (Wildman–Crippen LogP) is 1.90. The van der Waals surface area contributed by atoms with E-state index in [-0.39, 0.29) is 5.91 Å². The lowest BCUT2D eigenvalue weighted by atomic mass is 10.1. The van der Waals surface area contributed by atoms with Gasteiger partial charge in [-0.1, -0.05) is 18.2 Å². The summed E-state index contributed by atoms with van der Waals surface area (Å²) in [6.45, 7) is 1.88. The number of benzene rings is 1. The smallest absolute Gasteiger partial charge is 0.241 e. The molecule has 4 rings (SSSR count). The summed E-state index contributed by atoms with van der Waals surface area (Å²) in [5.41, 5.74) is 2.92. The van der Waals surface area contributed by atoms with Crippen molar-refractivity contribution in [3.63, 3.8) is 0 Å². The van der Waals surface area contributed by atoms with Gasteiger partial charge in [0.1, 0.15) is 11.5 Å². The number of carbonyl (C=O) groups is 1. The number of likely N-dealkylation sites (N-methyl/N-ethyl adjacent to an activating group) is 1. The van der Waals surface area contributed by atoms with Crippen molar-refractivity contribution >= 4 is 22.6 Å². The number of piperazine rings is 1. The average molecular weight is 307 g/mol. The first-order valence-corrected chi connectivity index (χ1v) is 7.61. The second-order valence-corrected chi connectivity index (χ2v) is 5.76. The molecular weight excluding hydrogens is 290 g/mol. The fourth-order valence-electron chi connectivity index (χ4n) is 2.88. The van der Waals surface area contributed by atoms with Crippen LogP contribution < -0.4 is 4.90 Å². The summed E-state index contributed by atoms with van der Waals surface area (Å²) in [6.07, 6.45) is 1.77. The van der Waals surface area contributed by atoms with Gasteiger partial charge in [0.15, 0.2) is 0 Å². The fourth-order valence-corrected chi connectivity index (χ4v) is 2.88. The molecule has 3 aromatic rings. The second-order valence-electron chi connectivity index (χ2n) is 5.76. The number of para-hydroxylation sites is 1. The molecule has 2 aromatic heterocycles. The van der Waals surface area contributed by atoms with Crippen LogP contribution >= 0.6 is 0 Å². The normalized spacial score (nSPS) is 15.4. The van der Waals surface area contributed by atoms with Crippen molar-refractivity contribution < 1.29 is 4.79 Å². The number of aromatic nitrogens is 3. The second kappa shape index (κ2) is 5.39. The zero-order chi connectivity index (χ0) is 15.8. The highest BCUT2D eigenvalue weighted by Gasteiger charge is 2.22. The molecule has 1 fully saturated rings. The number of carbonyl (C=O) groups excluding carboxylic acids is 1. The predicted molar refractivity (Wildman–Crippen MR) is 89.2 cm³/mol. The Kier molecular flexibility index (Phi) is 3.22. The average Bonchev–Trinajstić information content (AvgIpc) is 3.01. The molecule has 1 saturated heterocycles. The van der Waals surface area contributed by atoms with Gasteiger partial charge in [-0.3, -0.25) is 9.89 Å². The monoisotopic (exact) mass is 307 g/mol. The van der Waals surface area contributed by atoms with Gasteiger partial charge in [-0.15, -0.1) is 0 Å². The van der Waals surface area contributed by atoms with Gasteiger partial charge in [0.05, 0.1) is 12.1 Å². The van der Waals surface area contributed by atoms with Gasteiger partial charge in [-0.2, -0.15) is 5.10 Å². The van der Waals surface area contributed by atoms with Crippen LogP contribution in [0.2, 0.25) is 0 Å². The van der Waals surface area contributed by atoms with Crippen molar-refractivity contribution in [3.05, 3.63) is 42.6 Å². The van der Waals surface area contributed by atoms with E-state index in [9.17, 15) is 4.79 Å². The summed E-state index contributed by atoms with van der Waals surface area (Å²) in [4.78, 5) is 20.1. The first kappa shape index (κ1) is 13.8. The minimum absolute atomic E-state index is 0.119. The van der Waals surface area contributed by atoms with Gasteiger partial charge < -0.3 is 9.80 Å². The number of amides is 1. The van der Waals surface area contributed by atoms with Crippen molar-refractivity contribution in [1.29, 1.82) is 0 Å². The van der Waals surface area contributed by atoms with Gasteiger partial charge in [-0.05, 0) is 18.2 Å². The maximum atomic E-state index is 11.9. The summed E-state index contributed by atoms with van der Waals surface area (Å²) in [5, 5.41) is 8.57. The van der Waals surface area contributed by atoms with Crippen molar-refractivity contribution in [3.8, 4) is 11.3 Å². The van der Waals surface area contributed by atoms with Crippen molar-refractivity contribution in [2.75, 3.05) is 31.6 Å². The molecule has 23 heavy (non-hydrogen) atoms. The molecule has 0 radical (unpaired) electrons. The van der Waals surface area contributed by atoms with E-state index in [0.717, 1.165) is 41.1 Å². The van der Waals surface area contributed by atoms with E-state index in [1.54, 1.807) is 11.1 Å². The fraction of sp³-hybridized carbons (Fsp3) is 0.235. The highest BCUT2D eigenvalue weighted by Crippen LogP contribution is 2.28. The SMILES string of the molecule is CN1CCN(c2cc(-c3n[nH]c4ccccc34)ccn2)CC1=O. The molecular formula is C17H17N5O. The number of fused-ring (bicyclic) bond motifs is 1. The quantitative estimate of drug-likeness (QED) is 0.785. The zero-order valence-corrected chi connectivity index (χ0v) is 12.9. The van der Waals surface area contributed by atoms with Gasteiger partial charge in [0, 0.05) is 37.3 Å². The molecule has 116 valence electrons. The maximum Gasteiger partial charge on any atom is 0.241 e. The highest BCUT2D eigenvalue weighted by atomic mass is 16.2. The van der Waals surface area contributed by atoms with Gasteiger partial charge in [0.2, 0.25) is 5.91 Å². The van der Waals surface area contributed by atoms with E-state index in [1.807, 2.05) is 48.3 Å². The number of rotatable bonds is 2. The number of nitrogens with one attached hydrogen (secondary N) is 1. The number of anilines is 1. The number of hydrogen-bond donors (Lipinski definition) is 1. The van der Waals surface area contributed by atoms with Crippen molar-refractivity contribution in [2.24, 2.45) is 0 Å². The van der Waals surface area contributed by atoms with Crippen LogP contribution in [0.4, 0.5) is 5.82 Å². The van der Waals surface area contributed by atoms with E-state index in [1.165, 1.54) is 0 Å². The van der Waals surface area contributed by atoms with Gasteiger partial charge in [-0.25, -0.2) is 4.98 Å². The van der Waals surface area contributed by atoms with Gasteiger partial charge in [0.25, 0.3) is 0 Å². The molecule has 1 aliphatic heterocycles. The molecule has 0 saturated carbocycles. The molecule has 1 aromatic carbocycles. The lowest BCUT2D eigenvalue weighted by Crippen LogP contribution is -2.48. The Balaban J connectivity index is 1.70. The first-order valence-electron chi connectivity index (χ1n) is 7.61. The molecule has 0 bridgehead atoms. The van der Waals surface area contributed by atoms with Crippen LogP contribution in [0, 0.1) is 0 Å². The summed E-state index contributed by atoms with van der Waals surface area (Å²) < 4.78 is 0. The van der Waals surface area contributed by atoms with Crippen LogP contribution in [0.25, 0.3) is 22.2 Å². The van der Waals surface area contributed by atoms with E-state index in [0.29, 0.717) is 6.54 Å². The van der Waals surface area contributed by atoms with E-state index in [2.05, 4.69) is 15.2 Å². The molecule has 0 unspecified atom stereocenters. The summed E-state index contributed by atoms with van der Waals surface area (Å²) in [6, 6.07) is 12.0. The lowest BCUT2D eigenvalue weighted by molar-refractivity contribution is -0.129. The number of nitrogens with zero attached hydrogens (tertiary/aromatic N) is 4. The minimum atomic E-state index is 0.119. The van der Waals surface area contributed by atoms with Gasteiger partial charge >= 0.3 is 0 Å². The Morgan fingerprint density at radius 3 is 2.91 bits per heavy atom. The maximum absolute atomic E-state index is 11.9. The minimum Gasteiger partial charge on any atom is -0.346 e. The summed E-state index contributed by atoms with van der Waals surface area (Å²) in [7, 11) is 1.83. The number of aromatic amines is 1. The molecule has 3 heterocycles. The Hall–Kier alpha value is -2.89. The third kappa shape index (κ3) is 2.42. The summed E-state index contributed by atoms with van der Waals surface area (Å²) >= 11 is 0. The molecule has 6 heteroatoms. The van der Waals surface area contributed by atoms with Crippen LogP contribution in [0.3, 0.4) is 0 Å². The van der Waals surface area contributed by atoms with Crippen LogP contribution in [-0.2, 0) is 4.79 Å². The number of H-pyrrole nitrogens is 1. The highest BCUT2D eigenvalue weighted by molar-refractivity contribution is 5.93. The van der Waals surface area contributed by atoms with Crippen LogP contribution in [-0.4, -0.2) is 52.7 Å². The Morgan fingerprint density at radius 1 is 1.17 bits per heavy atom. The van der Waals surface area contributed by atoms with Crippen LogP contribution in [0.5, 0.6) is 0 Å². The van der Waals surface area contributed by atoms with Crippen molar-refractivity contribution in [2.45, 2.75) is 0 Å². The first-order chi connectivity index (χ1) is 11.2. The molecule has 0 atom stereocenters. The molecule has 1 amide bonds.